The van der Waals surface area contributed by atoms with Gasteiger partial charge in [0.15, 0.2) is 0 Å². The predicted octanol–water partition coefficient (Wildman–Crippen LogP) is 2.12. The van der Waals surface area contributed by atoms with Crippen molar-refractivity contribution < 1.29 is 4.74 Å². The second kappa shape index (κ2) is 4.59. The van der Waals surface area contributed by atoms with Gasteiger partial charge in [-0.15, -0.1) is 0 Å². The number of benzene rings is 1. The van der Waals surface area contributed by atoms with E-state index in [4.69, 9.17) is 10.5 Å². The van der Waals surface area contributed by atoms with Crippen molar-refractivity contribution >= 4 is 22.6 Å². The Balaban J connectivity index is 2.16. The molecule has 0 radical (unpaired) electrons. The summed E-state index contributed by atoms with van der Waals surface area (Å²) in [5, 5.41) is 0. The van der Waals surface area contributed by atoms with E-state index in [1.165, 1.54) is 9.13 Å². The van der Waals surface area contributed by atoms with Gasteiger partial charge >= 0.3 is 0 Å². The molecule has 1 aliphatic rings. The molecule has 0 bridgehead atoms. The van der Waals surface area contributed by atoms with E-state index in [-0.39, 0.29) is 6.04 Å². The Morgan fingerprint density at radius 2 is 2.00 bits per heavy atom. The fraction of sp³-hybridized carbons (Fsp3) is 0.455. The van der Waals surface area contributed by atoms with Crippen molar-refractivity contribution in [2.45, 2.75) is 18.4 Å². The summed E-state index contributed by atoms with van der Waals surface area (Å²) < 4.78 is 6.72. The number of nitrogens with two attached hydrogens (primary N) is 1. The molecular formula is C11H14INO. The first-order chi connectivity index (χ1) is 6.77. The van der Waals surface area contributed by atoms with Crippen molar-refractivity contribution in [3.8, 4) is 0 Å². The van der Waals surface area contributed by atoms with Gasteiger partial charge in [-0.2, -0.15) is 0 Å². The summed E-state index contributed by atoms with van der Waals surface area (Å²) in [4.78, 5) is 0. The van der Waals surface area contributed by atoms with Gasteiger partial charge in [0.25, 0.3) is 0 Å². The SMILES string of the molecule is N[C@H]1CCOC[C@H]1c1ccc(I)cc1. The molecule has 0 unspecified atom stereocenters. The predicted molar refractivity (Wildman–Crippen MR) is 65.3 cm³/mol. The number of hydrogen-bond acceptors (Lipinski definition) is 2. The Morgan fingerprint density at radius 3 is 2.64 bits per heavy atom. The molecule has 0 amide bonds. The molecule has 1 aromatic rings. The Labute approximate surface area is 98.0 Å². The van der Waals surface area contributed by atoms with Crippen LogP contribution in [0.1, 0.15) is 17.9 Å². The van der Waals surface area contributed by atoms with Gasteiger partial charge in [-0.05, 0) is 46.7 Å². The summed E-state index contributed by atoms with van der Waals surface area (Å²) in [5.41, 5.74) is 7.37. The van der Waals surface area contributed by atoms with Gasteiger partial charge in [0.05, 0.1) is 6.61 Å². The molecule has 1 aliphatic heterocycles. The minimum absolute atomic E-state index is 0.254. The van der Waals surface area contributed by atoms with Crippen molar-refractivity contribution in [3.05, 3.63) is 33.4 Å². The smallest absolute Gasteiger partial charge is 0.0549 e. The van der Waals surface area contributed by atoms with E-state index < -0.39 is 0 Å². The average molecular weight is 303 g/mol. The van der Waals surface area contributed by atoms with Crippen molar-refractivity contribution in [3.63, 3.8) is 0 Å². The molecule has 3 heteroatoms. The van der Waals surface area contributed by atoms with Gasteiger partial charge < -0.3 is 10.5 Å². The van der Waals surface area contributed by atoms with Crippen LogP contribution in [0.4, 0.5) is 0 Å². The third-order valence-electron chi connectivity index (χ3n) is 2.71. The van der Waals surface area contributed by atoms with Gasteiger partial charge in [-0.25, -0.2) is 0 Å². The van der Waals surface area contributed by atoms with Gasteiger partial charge in [0.1, 0.15) is 0 Å². The van der Waals surface area contributed by atoms with E-state index in [1.54, 1.807) is 0 Å². The molecule has 76 valence electrons. The minimum Gasteiger partial charge on any atom is -0.381 e. The van der Waals surface area contributed by atoms with Crippen molar-refractivity contribution in [1.82, 2.24) is 0 Å². The molecule has 1 heterocycles. The average Bonchev–Trinajstić information content (AvgIpc) is 2.20. The standard InChI is InChI=1S/C11H14INO/c12-9-3-1-8(2-4-9)10-7-14-6-5-11(10)13/h1-4,10-11H,5-7,13H2/t10-,11-/m0/s1. The Bertz CT molecular complexity index is 299. The van der Waals surface area contributed by atoms with Crippen LogP contribution in [0.2, 0.25) is 0 Å². The number of ether oxygens (including phenoxy) is 1. The second-order valence-corrected chi connectivity index (χ2v) is 4.93. The molecule has 0 spiro atoms. The van der Waals surface area contributed by atoms with Crippen molar-refractivity contribution in [1.29, 1.82) is 0 Å². The van der Waals surface area contributed by atoms with E-state index >= 15 is 0 Å². The molecule has 1 fully saturated rings. The molecule has 0 aromatic heterocycles. The Kier molecular flexibility index (Phi) is 3.41. The van der Waals surface area contributed by atoms with Crippen molar-refractivity contribution in [2.75, 3.05) is 13.2 Å². The third kappa shape index (κ3) is 2.27. The second-order valence-electron chi connectivity index (χ2n) is 3.69. The quantitative estimate of drug-likeness (QED) is 0.807. The van der Waals surface area contributed by atoms with Gasteiger partial charge in [-0.1, -0.05) is 12.1 Å². The fourth-order valence-corrected chi connectivity index (χ4v) is 2.17. The summed E-state index contributed by atoms with van der Waals surface area (Å²) in [7, 11) is 0. The summed E-state index contributed by atoms with van der Waals surface area (Å²) >= 11 is 2.31. The molecule has 2 N–H and O–H groups in total. The van der Waals surface area contributed by atoms with Gasteiger partial charge in [-0.3, -0.25) is 0 Å². The van der Waals surface area contributed by atoms with Crippen LogP contribution < -0.4 is 5.73 Å². The summed E-state index contributed by atoms with van der Waals surface area (Å²) in [6.07, 6.45) is 0.969. The highest BCUT2D eigenvalue weighted by molar-refractivity contribution is 14.1. The zero-order valence-corrected chi connectivity index (χ0v) is 10.1. The Hall–Kier alpha value is -0.130. The largest absolute Gasteiger partial charge is 0.381 e. The molecule has 0 saturated carbocycles. The lowest BCUT2D eigenvalue weighted by Gasteiger charge is -2.28. The number of hydrogen-bond donors (Lipinski definition) is 1. The number of halogens is 1. The highest BCUT2D eigenvalue weighted by Gasteiger charge is 2.23. The lowest BCUT2D eigenvalue weighted by atomic mass is 9.89. The first-order valence-electron chi connectivity index (χ1n) is 4.86. The molecule has 2 nitrogen and oxygen atoms in total. The van der Waals surface area contributed by atoms with E-state index in [2.05, 4.69) is 46.9 Å². The summed E-state index contributed by atoms with van der Waals surface area (Å²) in [5.74, 6) is 0.376. The van der Waals surface area contributed by atoms with Crippen LogP contribution in [-0.4, -0.2) is 19.3 Å². The van der Waals surface area contributed by atoms with E-state index in [0.717, 1.165) is 19.6 Å². The van der Waals surface area contributed by atoms with Crippen LogP contribution in [0, 0.1) is 3.57 Å². The molecule has 14 heavy (non-hydrogen) atoms. The summed E-state index contributed by atoms with van der Waals surface area (Å²) in [6, 6.07) is 8.81. The summed E-state index contributed by atoms with van der Waals surface area (Å²) in [6.45, 7) is 1.57. The highest BCUT2D eigenvalue weighted by Crippen LogP contribution is 2.24. The van der Waals surface area contributed by atoms with Crippen LogP contribution in [0.3, 0.4) is 0 Å². The maximum absolute atomic E-state index is 6.07. The highest BCUT2D eigenvalue weighted by atomic mass is 127. The van der Waals surface area contributed by atoms with Crippen LogP contribution >= 0.6 is 22.6 Å². The van der Waals surface area contributed by atoms with E-state index in [9.17, 15) is 0 Å². The minimum atomic E-state index is 0.254. The van der Waals surface area contributed by atoms with E-state index in [1.807, 2.05) is 0 Å². The lowest BCUT2D eigenvalue weighted by molar-refractivity contribution is 0.0691. The van der Waals surface area contributed by atoms with Crippen molar-refractivity contribution in [2.24, 2.45) is 5.73 Å². The van der Waals surface area contributed by atoms with Crippen LogP contribution in [0.25, 0.3) is 0 Å². The molecule has 0 aliphatic carbocycles. The molecular weight excluding hydrogens is 289 g/mol. The molecule has 1 saturated heterocycles. The zero-order chi connectivity index (χ0) is 9.97. The molecule has 2 rings (SSSR count). The molecule has 2 atom stereocenters. The maximum Gasteiger partial charge on any atom is 0.0549 e. The first-order valence-corrected chi connectivity index (χ1v) is 5.94. The van der Waals surface area contributed by atoms with Crippen LogP contribution in [0.15, 0.2) is 24.3 Å². The Morgan fingerprint density at radius 1 is 1.29 bits per heavy atom. The normalized spacial score (nSPS) is 27.6. The fourth-order valence-electron chi connectivity index (χ4n) is 1.81. The maximum atomic E-state index is 6.07. The lowest BCUT2D eigenvalue weighted by Crippen LogP contribution is -2.36. The van der Waals surface area contributed by atoms with E-state index in [0.29, 0.717) is 5.92 Å². The first kappa shape index (κ1) is 10.4. The monoisotopic (exact) mass is 303 g/mol. The number of rotatable bonds is 1. The van der Waals surface area contributed by atoms with Gasteiger partial charge in [0.2, 0.25) is 0 Å². The van der Waals surface area contributed by atoms with Crippen LogP contribution in [0.5, 0.6) is 0 Å². The molecule has 1 aromatic carbocycles. The van der Waals surface area contributed by atoms with Gasteiger partial charge in [0, 0.05) is 22.1 Å². The zero-order valence-electron chi connectivity index (χ0n) is 7.95. The third-order valence-corrected chi connectivity index (χ3v) is 3.43. The van der Waals surface area contributed by atoms with Crippen LogP contribution in [-0.2, 0) is 4.74 Å². The topological polar surface area (TPSA) is 35.2 Å².